The quantitative estimate of drug-likeness (QED) is 0.696. The molecule has 0 spiro atoms. The van der Waals surface area contributed by atoms with Crippen LogP contribution in [0, 0.1) is 17.1 Å². The number of nitrogens with one attached hydrogen (secondary N) is 1. The van der Waals surface area contributed by atoms with E-state index >= 15 is 0 Å². The molecule has 0 radical (unpaired) electrons. The molecule has 0 saturated carbocycles. The molecule has 0 aliphatic rings. The van der Waals surface area contributed by atoms with E-state index < -0.39 is 0 Å². The van der Waals surface area contributed by atoms with Gasteiger partial charge in [-0.1, -0.05) is 28.1 Å². The molecule has 21 heavy (non-hydrogen) atoms. The van der Waals surface area contributed by atoms with Gasteiger partial charge < -0.3 is 4.98 Å². The first-order chi connectivity index (χ1) is 10.2. The van der Waals surface area contributed by atoms with Crippen LogP contribution in [0.4, 0.5) is 4.39 Å². The number of hydrogen-bond acceptors (Lipinski definition) is 2. The SMILES string of the molecule is N#C/C(=C\c1cc(Br)ccc1F)c1nc2ccccc2[nH]1. The van der Waals surface area contributed by atoms with Crippen molar-refractivity contribution in [2.75, 3.05) is 0 Å². The van der Waals surface area contributed by atoms with Crippen molar-refractivity contribution in [1.82, 2.24) is 9.97 Å². The zero-order chi connectivity index (χ0) is 14.8. The Bertz CT molecular complexity index is 857. The van der Waals surface area contributed by atoms with Crippen molar-refractivity contribution in [2.24, 2.45) is 0 Å². The fraction of sp³-hybridized carbons (Fsp3) is 0. The minimum atomic E-state index is -0.387. The molecule has 0 unspecified atom stereocenters. The molecule has 1 aromatic heterocycles. The Morgan fingerprint density at radius 3 is 2.86 bits per heavy atom. The predicted octanol–water partition coefficient (Wildman–Crippen LogP) is 4.53. The van der Waals surface area contributed by atoms with E-state index in [0.29, 0.717) is 11.4 Å². The molecule has 0 bridgehead atoms. The summed E-state index contributed by atoms with van der Waals surface area (Å²) in [5.74, 6) is 0.0418. The summed E-state index contributed by atoms with van der Waals surface area (Å²) in [7, 11) is 0. The van der Waals surface area contributed by atoms with Gasteiger partial charge in [-0.3, -0.25) is 0 Å². The maximum Gasteiger partial charge on any atom is 0.149 e. The summed E-state index contributed by atoms with van der Waals surface area (Å²) in [5.41, 5.74) is 2.22. The number of halogens is 2. The lowest BCUT2D eigenvalue weighted by Crippen LogP contribution is -1.87. The normalized spacial score (nSPS) is 11.6. The lowest BCUT2D eigenvalue weighted by atomic mass is 10.1. The van der Waals surface area contributed by atoms with Gasteiger partial charge in [0.05, 0.1) is 16.6 Å². The number of benzene rings is 2. The number of rotatable bonds is 2. The first-order valence-corrected chi connectivity index (χ1v) is 6.98. The number of nitrogens with zero attached hydrogens (tertiary/aromatic N) is 2. The van der Waals surface area contributed by atoms with E-state index in [9.17, 15) is 9.65 Å². The third-order valence-electron chi connectivity index (χ3n) is 3.02. The van der Waals surface area contributed by atoms with E-state index in [1.165, 1.54) is 12.1 Å². The monoisotopic (exact) mass is 341 g/mol. The molecule has 0 saturated heterocycles. The number of aromatic nitrogens is 2. The Morgan fingerprint density at radius 1 is 1.29 bits per heavy atom. The molecule has 3 nitrogen and oxygen atoms in total. The molecule has 1 N–H and O–H groups in total. The summed E-state index contributed by atoms with van der Waals surface area (Å²) in [6.45, 7) is 0. The van der Waals surface area contributed by atoms with E-state index in [-0.39, 0.29) is 11.4 Å². The van der Waals surface area contributed by atoms with Crippen LogP contribution in [0.2, 0.25) is 0 Å². The van der Waals surface area contributed by atoms with Gasteiger partial charge >= 0.3 is 0 Å². The van der Waals surface area contributed by atoms with Gasteiger partial charge in [0.1, 0.15) is 17.7 Å². The van der Waals surface area contributed by atoms with Crippen molar-refractivity contribution in [2.45, 2.75) is 0 Å². The van der Waals surface area contributed by atoms with Crippen LogP contribution in [0.3, 0.4) is 0 Å². The Morgan fingerprint density at radius 2 is 2.10 bits per heavy atom. The lowest BCUT2D eigenvalue weighted by Gasteiger charge is -1.99. The number of para-hydroxylation sites is 2. The molecule has 102 valence electrons. The molecule has 1 heterocycles. The smallest absolute Gasteiger partial charge is 0.149 e. The van der Waals surface area contributed by atoms with Crippen LogP contribution in [0.25, 0.3) is 22.7 Å². The number of aromatic amines is 1. The number of fused-ring (bicyclic) bond motifs is 1. The average Bonchev–Trinajstić information content (AvgIpc) is 2.91. The number of nitriles is 1. The number of H-pyrrole nitrogens is 1. The Hall–Kier alpha value is -2.45. The standard InChI is InChI=1S/C16H9BrFN3/c17-12-5-6-13(18)10(8-12)7-11(9-19)16-20-14-3-1-2-4-15(14)21-16/h1-8H,(H,20,21)/b11-7+. The minimum Gasteiger partial charge on any atom is -0.337 e. The second-order valence-electron chi connectivity index (χ2n) is 4.44. The molecule has 3 rings (SSSR count). The van der Waals surface area contributed by atoms with Crippen molar-refractivity contribution < 1.29 is 4.39 Å². The zero-order valence-corrected chi connectivity index (χ0v) is 12.4. The van der Waals surface area contributed by atoms with E-state index in [2.05, 4.69) is 32.0 Å². The van der Waals surface area contributed by atoms with Crippen LogP contribution in [0.15, 0.2) is 46.9 Å². The van der Waals surface area contributed by atoms with Gasteiger partial charge in [0.25, 0.3) is 0 Å². The molecule has 0 atom stereocenters. The summed E-state index contributed by atoms with van der Waals surface area (Å²) in [4.78, 5) is 7.42. The highest BCUT2D eigenvalue weighted by Gasteiger charge is 2.09. The van der Waals surface area contributed by atoms with Gasteiger partial charge in [-0.2, -0.15) is 5.26 Å². The second kappa shape index (κ2) is 5.51. The summed E-state index contributed by atoms with van der Waals surface area (Å²) in [6, 6.07) is 14.1. The lowest BCUT2D eigenvalue weighted by molar-refractivity contribution is 0.625. The number of allylic oxidation sites excluding steroid dienone is 1. The maximum absolute atomic E-state index is 13.8. The van der Waals surface area contributed by atoms with Crippen molar-refractivity contribution in [3.8, 4) is 6.07 Å². The van der Waals surface area contributed by atoms with Crippen molar-refractivity contribution in [3.05, 3.63) is 64.1 Å². The summed E-state index contributed by atoms with van der Waals surface area (Å²) >= 11 is 3.29. The van der Waals surface area contributed by atoms with Crippen LogP contribution in [-0.4, -0.2) is 9.97 Å². The second-order valence-corrected chi connectivity index (χ2v) is 5.35. The largest absolute Gasteiger partial charge is 0.337 e. The van der Waals surface area contributed by atoms with Crippen LogP contribution in [-0.2, 0) is 0 Å². The van der Waals surface area contributed by atoms with Gasteiger partial charge in [-0.05, 0) is 36.4 Å². The number of hydrogen-bond donors (Lipinski definition) is 1. The highest BCUT2D eigenvalue weighted by molar-refractivity contribution is 9.10. The summed E-state index contributed by atoms with van der Waals surface area (Å²) < 4.78 is 14.5. The molecular weight excluding hydrogens is 333 g/mol. The highest BCUT2D eigenvalue weighted by Crippen LogP contribution is 2.22. The fourth-order valence-electron chi connectivity index (χ4n) is 2.01. The average molecular weight is 342 g/mol. The highest BCUT2D eigenvalue weighted by atomic mass is 79.9. The van der Waals surface area contributed by atoms with E-state index in [1.54, 1.807) is 12.1 Å². The van der Waals surface area contributed by atoms with E-state index in [0.717, 1.165) is 15.5 Å². The topological polar surface area (TPSA) is 52.5 Å². The van der Waals surface area contributed by atoms with Crippen LogP contribution in [0.1, 0.15) is 11.4 Å². The zero-order valence-electron chi connectivity index (χ0n) is 10.8. The van der Waals surface area contributed by atoms with Gasteiger partial charge in [0.2, 0.25) is 0 Å². The van der Waals surface area contributed by atoms with Crippen molar-refractivity contribution in [3.63, 3.8) is 0 Å². The van der Waals surface area contributed by atoms with Gasteiger partial charge in [0.15, 0.2) is 0 Å². The molecule has 2 aromatic carbocycles. The maximum atomic E-state index is 13.8. The van der Waals surface area contributed by atoms with Gasteiger partial charge in [-0.25, -0.2) is 9.37 Å². The van der Waals surface area contributed by atoms with Gasteiger partial charge in [-0.15, -0.1) is 0 Å². The predicted molar refractivity (Wildman–Crippen MR) is 83.7 cm³/mol. The van der Waals surface area contributed by atoms with Crippen molar-refractivity contribution >= 4 is 38.6 Å². The van der Waals surface area contributed by atoms with Crippen LogP contribution >= 0.6 is 15.9 Å². The Kier molecular flexibility index (Phi) is 3.55. The van der Waals surface area contributed by atoms with E-state index in [4.69, 9.17) is 0 Å². The number of imidazole rings is 1. The van der Waals surface area contributed by atoms with Crippen molar-refractivity contribution in [1.29, 1.82) is 5.26 Å². The molecule has 3 aromatic rings. The third kappa shape index (κ3) is 2.71. The van der Waals surface area contributed by atoms with Crippen LogP contribution < -0.4 is 0 Å². The first-order valence-electron chi connectivity index (χ1n) is 6.19. The Labute approximate surface area is 128 Å². The molecule has 0 aliphatic carbocycles. The fourth-order valence-corrected chi connectivity index (χ4v) is 2.39. The summed E-state index contributed by atoms with van der Waals surface area (Å²) in [5, 5.41) is 9.31. The molecule has 0 aliphatic heterocycles. The van der Waals surface area contributed by atoms with Crippen LogP contribution in [0.5, 0.6) is 0 Å². The Balaban J connectivity index is 2.11. The molecule has 0 fully saturated rings. The van der Waals surface area contributed by atoms with E-state index in [1.807, 2.05) is 24.3 Å². The first kappa shape index (κ1) is 13.5. The molecule has 0 amide bonds. The molecular formula is C16H9BrFN3. The van der Waals surface area contributed by atoms with Gasteiger partial charge in [0, 0.05) is 10.0 Å². The summed E-state index contributed by atoms with van der Waals surface area (Å²) in [6.07, 6.45) is 1.48. The minimum absolute atomic E-state index is 0.281. The third-order valence-corrected chi connectivity index (χ3v) is 3.52. The molecule has 5 heteroatoms.